The second-order valence-corrected chi connectivity index (χ2v) is 10.9. The van der Waals surface area contributed by atoms with Crippen LogP contribution in [-0.4, -0.2) is 24.3 Å². The Morgan fingerprint density at radius 3 is 1.28 bits per heavy atom. The monoisotopic (exact) mass is 642 g/mol. The van der Waals surface area contributed by atoms with E-state index in [4.69, 9.17) is 32.2 Å². The zero-order valence-electron chi connectivity index (χ0n) is 24.8. The topological polar surface area (TPSA) is 145 Å². The molecule has 12 heteroatoms. The van der Waals surface area contributed by atoms with Crippen molar-refractivity contribution >= 4 is 51.5 Å². The minimum absolute atomic E-state index is 0.00963. The number of fused-ring (bicyclic) bond motifs is 3. The van der Waals surface area contributed by atoms with Gasteiger partial charge in [0, 0.05) is 58.3 Å². The van der Waals surface area contributed by atoms with Gasteiger partial charge >= 0.3 is 28.8 Å². The normalized spacial score (nSPS) is 11.6. The Morgan fingerprint density at radius 1 is 0.609 bits per heavy atom. The van der Waals surface area contributed by atoms with Crippen molar-refractivity contribution in [3.05, 3.63) is 121 Å². The smallest absolute Gasteiger partial charge is 0.456 e. The summed E-state index contributed by atoms with van der Waals surface area (Å²) < 4.78 is 40.1. The van der Waals surface area contributed by atoms with Crippen LogP contribution in [-0.2, 0) is 9.53 Å². The molecule has 6 aromatic rings. The highest BCUT2D eigenvalue weighted by atomic mass is 32.1. The van der Waals surface area contributed by atoms with Gasteiger partial charge < -0.3 is 32.2 Å². The van der Waals surface area contributed by atoms with Crippen molar-refractivity contribution in [2.75, 3.05) is 12.4 Å². The number of carbonyl (C=O) groups is 1. The molecule has 0 amide bonds. The predicted molar refractivity (Wildman–Crippen MR) is 171 cm³/mol. The maximum atomic E-state index is 13.9. The second-order valence-electron chi connectivity index (χ2n) is 10.4. The molecule has 0 N–H and O–H groups in total. The highest BCUT2D eigenvalue weighted by molar-refractivity contribution is 7.80. The highest BCUT2D eigenvalue weighted by Crippen LogP contribution is 2.33. The molecule has 6 rings (SSSR count). The Hall–Kier alpha value is -5.49. The van der Waals surface area contributed by atoms with E-state index in [1.807, 2.05) is 0 Å². The molecule has 3 heterocycles. The van der Waals surface area contributed by atoms with Gasteiger partial charge in [0.05, 0.1) is 0 Å². The molecule has 0 aliphatic heterocycles. The van der Waals surface area contributed by atoms with Gasteiger partial charge in [0.15, 0.2) is 0 Å². The molecule has 11 nitrogen and oxygen atoms in total. The van der Waals surface area contributed by atoms with E-state index in [0.717, 1.165) is 0 Å². The Balaban J connectivity index is 1.52. The molecule has 0 atom stereocenters. The van der Waals surface area contributed by atoms with Crippen molar-refractivity contribution in [3.63, 3.8) is 0 Å². The van der Waals surface area contributed by atoms with Gasteiger partial charge in [0.1, 0.15) is 40.6 Å². The van der Waals surface area contributed by atoms with Gasteiger partial charge in [-0.25, -0.2) is 19.2 Å². The van der Waals surface area contributed by atoms with Gasteiger partial charge in [-0.1, -0.05) is 0 Å². The summed E-state index contributed by atoms with van der Waals surface area (Å²) in [6, 6.07) is 17.8. The third-order valence-corrected chi connectivity index (χ3v) is 7.28. The summed E-state index contributed by atoms with van der Waals surface area (Å²) in [6.45, 7) is 5.13. The lowest BCUT2D eigenvalue weighted by atomic mass is 10.1. The third kappa shape index (κ3) is 6.07. The molecular weight excluding hydrogens is 616 g/mol. The molecule has 0 fully saturated rings. The van der Waals surface area contributed by atoms with Crippen molar-refractivity contribution in [3.8, 4) is 17.2 Å². The zero-order valence-corrected chi connectivity index (χ0v) is 25.7. The highest BCUT2D eigenvalue weighted by Gasteiger charge is 2.51. The van der Waals surface area contributed by atoms with Gasteiger partial charge in [-0.15, -0.1) is 0 Å². The van der Waals surface area contributed by atoms with Gasteiger partial charge in [-0.05, 0) is 73.9 Å². The molecule has 0 spiro atoms. The van der Waals surface area contributed by atoms with Crippen LogP contribution in [0, 0.1) is 20.8 Å². The first-order valence-corrected chi connectivity index (χ1v) is 14.7. The van der Waals surface area contributed by atoms with E-state index in [-0.39, 0.29) is 46.4 Å². The van der Waals surface area contributed by atoms with Gasteiger partial charge in [0.2, 0.25) is 0 Å². The summed E-state index contributed by atoms with van der Waals surface area (Å²) in [5.41, 5.74) is 0.852. The molecule has 0 aliphatic rings. The first kappa shape index (κ1) is 30.5. The summed E-state index contributed by atoms with van der Waals surface area (Å²) in [6.07, 6.45) is 0. The number of hydrogen-bond acceptors (Lipinski definition) is 12. The molecule has 3 aromatic heterocycles. The van der Waals surface area contributed by atoms with Crippen LogP contribution in [0.15, 0.2) is 100 Å². The van der Waals surface area contributed by atoms with E-state index in [1.54, 1.807) is 39.0 Å². The lowest BCUT2D eigenvalue weighted by molar-refractivity contribution is -0.259. The number of rotatable bonds is 9. The van der Waals surface area contributed by atoms with Gasteiger partial charge in [-0.2, -0.15) is 12.6 Å². The van der Waals surface area contributed by atoms with E-state index in [1.165, 1.54) is 54.6 Å². The lowest BCUT2D eigenvalue weighted by Crippen LogP contribution is -2.56. The van der Waals surface area contributed by atoms with Gasteiger partial charge in [-0.3, -0.25) is 0 Å². The Morgan fingerprint density at radius 2 is 0.957 bits per heavy atom. The Bertz CT molecular complexity index is 2070. The van der Waals surface area contributed by atoms with Crippen LogP contribution in [0.1, 0.15) is 16.7 Å². The third-order valence-electron chi connectivity index (χ3n) is 7.10. The zero-order chi connectivity index (χ0) is 32.6. The molecule has 0 bridgehead atoms. The van der Waals surface area contributed by atoms with E-state index in [2.05, 4.69) is 12.6 Å². The first-order valence-electron chi connectivity index (χ1n) is 14.0. The maximum absolute atomic E-state index is 13.9. The number of carbonyl (C=O) groups excluding carboxylic acids is 1. The quantitative estimate of drug-likeness (QED) is 0.0911. The minimum atomic E-state index is -2.68. The molecule has 46 heavy (non-hydrogen) atoms. The molecule has 0 saturated heterocycles. The summed E-state index contributed by atoms with van der Waals surface area (Å²) in [7, 11) is 0. The van der Waals surface area contributed by atoms with Crippen LogP contribution in [0.3, 0.4) is 0 Å². The van der Waals surface area contributed by atoms with Crippen LogP contribution in [0.2, 0.25) is 0 Å². The van der Waals surface area contributed by atoms with Crippen molar-refractivity contribution in [1.82, 2.24) is 0 Å². The van der Waals surface area contributed by atoms with E-state index >= 15 is 0 Å². The molecule has 234 valence electrons. The van der Waals surface area contributed by atoms with E-state index in [0.29, 0.717) is 32.8 Å². The number of thiol groups is 1. The predicted octanol–water partition coefficient (Wildman–Crippen LogP) is 5.59. The molecule has 0 saturated carbocycles. The number of hydrogen-bond donors (Lipinski definition) is 1. The van der Waals surface area contributed by atoms with Crippen molar-refractivity contribution < 1.29 is 37.0 Å². The number of benzene rings is 3. The molecular formula is C34H26O11S. The van der Waals surface area contributed by atoms with E-state index in [9.17, 15) is 19.2 Å². The fraction of sp³-hybridized carbons (Fsp3) is 0.176. The van der Waals surface area contributed by atoms with Crippen LogP contribution in [0.5, 0.6) is 17.2 Å². The maximum Gasteiger partial charge on any atom is 0.523 e. The minimum Gasteiger partial charge on any atom is -0.456 e. The van der Waals surface area contributed by atoms with Crippen LogP contribution in [0.4, 0.5) is 0 Å². The largest absolute Gasteiger partial charge is 0.523 e. The number of aryl methyl sites for hydroxylation is 3. The molecule has 0 aliphatic carbocycles. The first-order chi connectivity index (χ1) is 22.0. The number of esters is 1. The van der Waals surface area contributed by atoms with Crippen molar-refractivity contribution in [2.45, 2.75) is 26.7 Å². The van der Waals surface area contributed by atoms with Crippen LogP contribution in [0.25, 0.3) is 32.9 Å². The lowest BCUT2D eigenvalue weighted by Gasteiger charge is -2.31. The van der Waals surface area contributed by atoms with Gasteiger partial charge in [0.25, 0.3) is 0 Å². The second kappa shape index (κ2) is 12.1. The Labute approximate surface area is 265 Å². The average Bonchev–Trinajstić information content (AvgIpc) is 2.99. The average molecular weight is 643 g/mol. The van der Waals surface area contributed by atoms with Crippen LogP contribution < -0.4 is 31.1 Å². The summed E-state index contributed by atoms with van der Waals surface area (Å²) >= 11 is 4.14. The molecule has 0 unspecified atom stereocenters. The summed E-state index contributed by atoms with van der Waals surface area (Å²) in [4.78, 5) is 50.3. The van der Waals surface area contributed by atoms with E-state index < -0.39 is 28.8 Å². The number of ether oxygens (including phenoxy) is 4. The standard InChI is InChI=1S/C34H26O11S/c1-18-12-30(35)40-27-15-21(4-7-24(18)27)43-34(33(38)39-10-11-46,44-22-5-8-25-19(2)13-31(36)41-28(25)16-22)45-23-6-9-26-20(3)14-32(37)42-29(26)17-23/h4-9,12-17,46H,10-11H2,1-3H3. The molecule has 0 radical (unpaired) electrons. The summed E-state index contributed by atoms with van der Waals surface area (Å²) in [5, 5.41) is 1.91. The van der Waals surface area contributed by atoms with Crippen molar-refractivity contribution in [2.24, 2.45) is 0 Å². The molecule has 3 aromatic carbocycles. The van der Waals surface area contributed by atoms with Crippen LogP contribution >= 0.6 is 12.6 Å². The fourth-order valence-electron chi connectivity index (χ4n) is 4.99. The Kier molecular flexibility index (Phi) is 8.05. The fourth-order valence-corrected chi connectivity index (χ4v) is 5.08. The summed E-state index contributed by atoms with van der Waals surface area (Å²) in [5.74, 6) is -3.59. The van der Waals surface area contributed by atoms with Crippen molar-refractivity contribution in [1.29, 1.82) is 0 Å². The SMILES string of the molecule is Cc1cc(=O)oc2cc(OC(Oc3ccc4c(C)cc(=O)oc4c3)(Oc3ccc4c(C)cc(=O)oc4c3)C(=O)OCCS)ccc12.